The van der Waals surface area contributed by atoms with E-state index in [0.29, 0.717) is 0 Å². The van der Waals surface area contributed by atoms with Gasteiger partial charge in [0.15, 0.2) is 0 Å². The molecule has 2 N–H and O–H groups in total. The summed E-state index contributed by atoms with van der Waals surface area (Å²) in [4.78, 5) is 26.0. The lowest BCUT2D eigenvalue weighted by Gasteiger charge is -2.20. The zero-order valence-electron chi connectivity index (χ0n) is 12.7. The minimum atomic E-state index is -0.977. The number of nitrogens with zero attached hydrogens (tertiary/aromatic N) is 3. The third-order valence-electron chi connectivity index (χ3n) is 2.80. The Hall–Kier alpha value is -2.97. The van der Waals surface area contributed by atoms with E-state index in [9.17, 15) is 19.3 Å². The second-order valence-corrected chi connectivity index (χ2v) is 5.74. The summed E-state index contributed by atoms with van der Waals surface area (Å²) >= 11 is 0. The summed E-state index contributed by atoms with van der Waals surface area (Å²) in [6.45, 7) is 5.04. The Morgan fingerprint density at radius 2 is 2.09 bits per heavy atom. The molecule has 1 aromatic carbocycles. The fourth-order valence-electron chi connectivity index (χ4n) is 1.88. The zero-order chi connectivity index (χ0) is 17.4. The summed E-state index contributed by atoms with van der Waals surface area (Å²) in [5, 5.41) is 10.8. The molecule has 2 rings (SSSR count). The number of hydrogen-bond acceptors (Lipinski definition) is 6. The van der Waals surface area contributed by atoms with Gasteiger partial charge in [-0.2, -0.15) is 4.39 Å². The van der Waals surface area contributed by atoms with Crippen LogP contribution >= 0.6 is 0 Å². The van der Waals surface area contributed by atoms with Crippen molar-refractivity contribution in [3.63, 3.8) is 0 Å². The van der Waals surface area contributed by atoms with Gasteiger partial charge < -0.3 is 10.5 Å². The first-order chi connectivity index (χ1) is 10.6. The van der Waals surface area contributed by atoms with Crippen molar-refractivity contribution in [2.24, 2.45) is 0 Å². The maximum atomic E-state index is 13.4. The third-order valence-corrected chi connectivity index (χ3v) is 2.80. The van der Waals surface area contributed by atoms with Gasteiger partial charge in [0, 0.05) is 11.6 Å². The molecule has 0 amide bonds. The number of halogens is 1. The van der Waals surface area contributed by atoms with Gasteiger partial charge in [-0.15, -0.1) is 0 Å². The van der Waals surface area contributed by atoms with Crippen LogP contribution in [0, 0.1) is 15.9 Å². The van der Waals surface area contributed by atoms with Gasteiger partial charge in [0.1, 0.15) is 5.60 Å². The van der Waals surface area contributed by atoms with E-state index >= 15 is 0 Å². The van der Waals surface area contributed by atoms with Crippen LogP contribution in [0.1, 0.15) is 20.8 Å². The minimum Gasteiger partial charge on any atom is -0.443 e. The summed E-state index contributed by atoms with van der Waals surface area (Å²) in [6.07, 6.45) is 0.477. The molecular weight excluding hydrogens is 307 g/mol. The van der Waals surface area contributed by atoms with Crippen LogP contribution in [-0.2, 0) is 4.74 Å². The van der Waals surface area contributed by atoms with Gasteiger partial charge in [-0.25, -0.2) is 14.3 Å². The van der Waals surface area contributed by atoms with Crippen molar-refractivity contribution in [2.75, 3.05) is 5.73 Å². The van der Waals surface area contributed by atoms with Gasteiger partial charge in [-0.1, -0.05) is 0 Å². The molecule has 0 spiro atoms. The van der Waals surface area contributed by atoms with Crippen LogP contribution in [0.25, 0.3) is 11.3 Å². The number of rotatable bonds is 2. The van der Waals surface area contributed by atoms with Crippen molar-refractivity contribution in [2.45, 2.75) is 26.4 Å². The fraction of sp³-hybridized carbons (Fsp3) is 0.286. The average molecular weight is 322 g/mol. The Bertz CT molecular complexity index is 780. The molecule has 1 heterocycles. The minimum absolute atomic E-state index is 0.138. The molecule has 0 atom stereocenters. The Morgan fingerprint density at radius 1 is 1.43 bits per heavy atom. The first-order valence-corrected chi connectivity index (χ1v) is 6.61. The van der Waals surface area contributed by atoms with E-state index in [2.05, 4.69) is 4.98 Å². The van der Waals surface area contributed by atoms with Crippen molar-refractivity contribution < 1.29 is 18.8 Å². The summed E-state index contributed by atoms with van der Waals surface area (Å²) in [5.41, 5.74) is 4.58. The van der Waals surface area contributed by atoms with Crippen LogP contribution in [0.15, 0.2) is 24.4 Å². The number of carbonyl (C=O) groups is 1. The van der Waals surface area contributed by atoms with Gasteiger partial charge in [0.2, 0.25) is 11.8 Å². The van der Waals surface area contributed by atoms with Crippen molar-refractivity contribution in [3.8, 4) is 11.3 Å². The molecule has 2 aromatic rings. The molecule has 0 aliphatic heterocycles. The molecule has 0 radical (unpaired) electrons. The molecule has 122 valence electrons. The smallest absolute Gasteiger partial charge is 0.421 e. The molecular formula is C14H15FN4O4. The molecule has 0 aliphatic carbocycles. The molecule has 8 nitrogen and oxygen atoms in total. The van der Waals surface area contributed by atoms with Gasteiger partial charge >= 0.3 is 11.8 Å². The number of aromatic nitrogens is 2. The standard InChI is InChI=1S/C14H15FN4O4/c1-14(2,3)23-13(20)18-11(7-17-12(18)16)8-4-5-9(15)10(6-8)19(21)22/h4-7H,1-3H3,(H2,16,17). The number of hydrogen-bond donors (Lipinski definition) is 1. The lowest BCUT2D eigenvalue weighted by molar-refractivity contribution is -0.387. The van der Waals surface area contributed by atoms with Crippen LogP contribution in [0.2, 0.25) is 0 Å². The topological polar surface area (TPSA) is 113 Å². The van der Waals surface area contributed by atoms with E-state index in [1.54, 1.807) is 20.8 Å². The molecule has 1 aromatic heterocycles. The van der Waals surface area contributed by atoms with Gasteiger partial charge in [-0.3, -0.25) is 10.1 Å². The van der Waals surface area contributed by atoms with Crippen LogP contribution in [0.3, 0.4) is 0 Å². The largest absolute Gasteiger partial charge is 0.443 e. The van der Waals surface area contributed by atoms with E-state index in [-0.39, 0.29) is 17.2 Å². The molecule has 23 heavy (non-hydrogen) atoms. The monoisotopic (exact) mass is 322 g/mol. The summed E-state index contributed by atoms with van der Waals surface area (Å²) < 4.78 is 19.6. The predicted molar refractivity (Wildman–Crippen MR) is 80.3 cm³/mol. The van der Waals surface area contributed by atoms with Crippen LogP contribution < -0.4 is 5.73 Å². The third kappa shape index (κ3) is 3.44. The lowest BCUT2D eigenvalue weighted by atomic mass is 10.1. The Labute approximate surface area is 130 Å². The number of nitro benzene ring substituents is 1. The van der Waals surface area contributed by atoms with E-state index in [1.807, 2.05) is 0 Å². The van der Waals surface area contributed by atoms with Crippen molar-refractivity contribution >= 4 is 17.7 Å². The van der Waals surface area contributed by atoms with Crippen molar-refractivity contribution in [1.29, 1.82) is 0 Å². The highest BCUT2D eigenvalue weighted by molar-refractivity contribution is 5.82. The quantitative estimate of drug-likeness (QED) is 0.671. The Morgan fingerprint density at radius 3 is 2.65 bits per heavy atom. The number of imidazole rings is 1. The number of anilines is 1. The summed E-state index contributed by atoms with van der Waals surface area (Å²) in [7, 11) is 0. The molecule has 0 saturated carbocycles. The number of ether oxygens (including phenoxy) is 1. The van der Waals surface area contributed by atoms with E-state index in [4.69, 9.17) is 10.5 Å². The predicted octanol–water partition coefficient (Wildman–Crippen LogP) is 2.96. The van der Waals surface area contributed by atoms with Crippen LogP contribution in [0.4, 0.5) is 20.8 Å². The highest BCUT2D eigenvalue weighted by atomic mass is 19.1. The molecule has 0 unspecified atom stereocenters. The second-order valence-electron chi connectivity index (χ2n) is 5.74. The van der Waals surface area contributed by atoms with Gasteiger partial charge in [-0.05, 0) is 32.9 Å². The first kappa shape index (κ1) is 16.4. The molecule has 0 aliphatic rings. The molecule has 0 bridgehead atoms. The van der Waals surface area contributed by atoms with Crippen LogP contribution in [0.5, 0.6) is 0 Å². The second kappa shape index (κ2) is 5.67. The Kier molecular flexibility index (Phi) is 4.04. The maximum Gasteiger partial charge on any atom is 0.421 e. The molecule has 0 saturated heterocycles. The van der Waals surface area contributed by atoms with E-state index in [0.717, 1.165) is 16.7 Å². The SMILES string of the molecule is CC(C)(C)OC(=O)n1c(-c2ccc(F)c([N+](=O)[O-])c2)cnc1N. The fourth-order valence-corrected chi connectivity index (χ4v) is 1.88. The van der Waals surface area contributed by atoms with Gasteiger partial charge in [0.25, 0.3) is 0 Å². The maximum absolute atomic E-state index is 13.4. The van der Waals surface area contributed by atoms with Crippen molar-refractivity contribution in [3.05, 3.63) is 40.3 Å². The normalized spacial score (nSPS) is 11.3. The summed E-state index contributed by atoms with van der Waals surface area (Å²) in [6, 6.07) is 3.24. The number of nitrogens with two attached hydrogens (primary N) is 1. The summed E-state index contributed by atoms with van der Waals surface area (Å²) in [5.74, 6) is -1.11. The Balaban J connectivity index is 2.52. The van der Waals surface area contributed by atoms with Crippen molar-refractivity contribution in [1.82, 2.24) is 9.55 Å². The number of carbonyl (C=O) groups excluding carboxylic acids is 1. The zero-order valence-corrected chi connectivity index (χ0v) is 12.7. The number of nitro groups is 1. The van der Waals surface area contributed by atoms with Crippen LogP contribution in [-0.4, -0.2) is 26.2 Å². The first-order valence-electron chi connectivity index (χ1n) is 6.61. The lowest BCUT2D eigenvalue weighted by Crippen LogP contribution is -2.28. The molecule has 0 fully saturated rings. The number of benzene rings is 1. The van der Waals surface area contributed by atoms with E-state index < -0.39 is 28.1 Å². The average Bonchev–Trinajstić information content (AvgIpc) is 2.79. The molecule has 9 heteroatoms. The highest BCUT2D eigenvalue weighted by Gasteiger charge is 2.24. The number of nitrogen functional groups attached to an aromatic ring is 1. The van der Waals surface area contributed by atoms with Gasteiger partial charge in [0.05, 0.1) is 16.8 Å². The van der Waals surface area contributed by atoms with E-state index in [1.165, 1.54) is 12.3 Å². The highest BCUT2D eigenvalue weighted by Crippen LogP contribution is 2.28.